The van der Waals surface area contributed by atoms with Gasteiger partial charge >= 0.3 is 0 Å². The van der Waals surface area contributed by atoms with Crippen LogP contribution in [0.25, 0.3) is 0 Å². The van der Waals surface area contributed by atoms with E-state index in [1.807, 2.05) is 0 Å². The minimum Gasteiger partial charge on any atom is -0.504 e. The zero-order valence-electron chi connectivity index (χ0n) is 6.79. The zero-order valence-corrected chi connectivity index (χ0v) is 7.54. The van der Waals surface area contributed by atoms with Crippen molar-refractivity contribution in [3.05, 3.63) is 22.7 Å². The van der Waals surface area contributed by atoms with E-state index in [0.29, 0.717) is 18.4 Å². The molecule has 0 amide bonds. The van der Waals surface area contributed by atoms with Crippen LogP contribution in [-0.4, -0.2) is 15.3 Å². The van der Waals surface area contributed by atoms with Crippen LogP contribution in [0.5, 0.6) is 11.5 Å². The van der Waals surface area contributed by atoms with Crippen molar-refractivity contribution in [3.63, 3.8) is 0 Å². The average molecular weight is 201 g/mol. The second kappa shape index (κ2) is 2.53. The van der Waals surface area contributed by atoms with Crippen LogP contribution in [0.15, 0.2) is 12.1 Å². The molecule has 1 fully saturated rings. The highest BCUT2D eigenvalue weighted by Crippen LogP contribution is 2.51. The second-order valence-electron chi connectivity index (χ2n) is 3.32. The molecule has 0 unspecified atom stereocenters. The number of rotatable bonds is 1. The summed E-state index contributed by atoms with van der Waals surface area (Å²) in [4.78, 5) is 0. The van der Waals surface area contributed by atoms with Gasteiger partial charge in [-0.15, -0.1) is 0 Å². The fraction of sp³-hybridized carbons (Fsp3) is 0.333. The van der Waals surface area contributed by atoms with E-state index in [2.05, 4.69) is 0 Å². The predicted octanol–water partition coefficient (Wildman–Crippen LogP) is 1.73. The molecule has 3 N–H and O–H groups in total. The summed E-state index contributed by atoms with van der Waals surface area (Å²) >= 11 is 5.56. The molecule has 1 saturated carbocycles. The molecule has 0 atom stereocenters. The largest absolute Gasteiger partial charge is 0.504 e. The van der Waals surface area contributed by atoms with Gasteiger partial charge in [-0.2, -0.15) is 0 Å². The maximum atomic E-state index is 9.68. The molecule has 0 radical (unpaired) electrons. The molecule has 4 heteroatoms. The SMILES string of the molecule is Oc1c(Cl)ccc(C2(O)CC2)c1O. The van der Waals surface area contributed by atoms with Crippen molar-refractivity contribution in [1.82, 2.24) is 0 Å². The zero-order chi connectivity index (χ0) is 9.64. The molecule has 0 spiro atoms. The van der Waals surface area contributed by atoms with Gasteiger partial charge in [-0.1, -0.05) is 17.7 Å². The predicted molar refractivity (Wildman–Crippen MR) is 47.9 cm³/mol. The van der Waals surface area contributed by atoms with Gasteiger partial charge in [-0.05, 0) is 18.9 Å². The lowest BCUT2D eigenvalue weighted by atomic mass is 10.1. The van der Waals surface area contributed by atoms with E-state index in [0.717, 1.165) is 0 Å². The number of phenolic OH excluding ortho intramolecular Hbond substituents is 2. The van der Waals surface area contributed by atoms with Crippen molar-refractivity contribution in [2.45, 2.75) is 18.4 Å². The van der Waals surface area contributed by atoms with Gasteiger partial charge in [0.1, 0.15) is 0 Å². The summed E-state index contributed by atoms with van der Waals surface area (Å²) in [5, 5.41) is 28.5. The molecule has 0 aliphatic heterocycles. The Hall–Kier alpha value is -0.930. The molecule has 1 aliphatic rings. The molecular formula is C9H9ClO3. The third kappa shape index (κ3) is 1.24. The molecular weight excluding hydrogens is 192 g/mol. The van der Waals surface area contributed by atoms with Crippen molar-refractivity contribution in [1.29, 1.82) is 0 Å². The number of aliphatic hydroxyl groups is 1. The van der Waals surface area contributed by atoms with Gasteiger partial charge in [-0.3, -0.25) is 0 Å². The molecule has 0 bridgehead atoms. The summed E-state index contributed by atoms with van der Waals surface area (Å²) in [6.45, 7) is 0. The molecule has 1 aromatic carbocycles. The normalized spacial score (nSPS) is 18.6. The van der Waals surface area contributed by atoms with Gasteiger partial charge in [0.25, 0.3) is 0 Å². The van der Waals surface area contributed by atoms with Crippen molar-refractivity contribution in [2.75, 3.05) is 0 Å². The lowest BCUT2D eigenvalue weighted by Crippen LogP contribution is -2.04. The lowest BCUT2D eigenvalue weighted by Gasteiger charge is -2.11. The molecule has 13 heavy (non-hydrogen) atoms. The van der Waals surface area contributed by atoms with Crippen LogP contribution in [0.1, 0.15) is 18.4 Å². The van der Waals surface area contributed by atoms with Crippen LogP contribution in [-0.2, 0) is 5.60 Å². The number of aromatic hydroxyl groups is 2. The topological polar surface area (TPSA) is 60.7 Å². The molecule has 0 saturated heterocycles. The Morgan fingerprint density at radius 1 is 1.15 bits per heavy atom. The van der Waals surface area contributed by atoms with Gasteiger partial charge in [-0.25, -0.2) is 0 Å². The first kappa shape index (κ1) is 8.66. The summed E-state index contributed by atoms with van der Waals surface area (Å²) in [7, 11) is 0. The fourth-order valence-corrected chi connectivity index (χ4v) is 1.47. The highest BCUT2D eigenvalue weighted by atomic mass is 35.5. The molecule has 0 aromatic heterocycles. The van der Waals surface area contributed by atoms with Crippen LogP contribution in [0.2, 0.25) is 5.02 Å². The molecule has 3 nitrogen and oxygen atoms in total. The van der Waals surface area contributed by atoms with E-state index in [-0.39, 0.29) is 16.5 Å². The average Bonchev–Trinajstić information content (AvgIpc) is 2.80. The quantitative estimate of drug-likeness (QED) is 0.605. The van der Waals surface area contributed by atoms with Crippen molar-refractivity contribution in [3.8, 4) is 11.5 Å². The summed E-state index contributed by atoms with van der Waals surface area (Å²) in [5.74, 6) is -0.674. The molecule has 70 valence electrons. The molecule has 1 aromatic rings. The third-order valence-corrected chi connectivity index (χ3v) is 2.63. The van der Waals surface area contributed by atoms with Crippen LogP contribution in [0.4, 0.5) is 0 Å². The van der Waals surface area contributed by atoms with E-state index in [4.69, 9.17) is 11.6 Å². The number of halogens is 1. The van der Waals surface area contributed by atoms with Crippen LogP contribution in [0.3, 0.4) is 0 Å². The number of hydrogen-bond donors (Lipinski definition) is 3. The number of phenols is 2. The maximum absolute atomic E-state index is 9.68. The summed E-state index contributed by atoms with van der Waals surface area (Å²) < 4.78 is 0. The molecule has 2 rings (SSSR count). The van der Waals surface area contributed by atoms with Gasteiger partial charge in [0, 0.05) is 5.56 Å². The standard InChI is InChI=1S/C9H9ClO3/c10-6-2-1-5(7(11)8(6)12)9(13)3-4-9/h1-2,11-13H,3-4H2. The van der Waals surface area contributed by atoms with Crippen molar-refractivity contribution in [2.24, 2.45) is 0 Å². The van der Waals surface area contributed by atoms with Crippen LogP contribution in [0, 0.1) is 0 Å². The van der Waals surface area contributed by atoms with Gasteiger partial charge < -0.3 is 15.3 Å². The highest BCUT2D eigenvalue weighted by Gasteiger charge is 2.44. The van der Waals surface area contributed by atoms with Crippen LogP contribution >= 0.6 is 11.6 Å². The van der Waals surface area contributed by atoms with Gasteiger partial charge in [0.15, 0.2) is 11.5 Å². The Kier molecular flexibility index (Phi) is 1.68. The summed E-state index contributed by atoms with van der Waals surface area (Å²) in [6.07, 6.45) is 1.23. The molecule has 1 aliphatic carbocycles. The first-order chi connectivity index (χ1) is 6.04. The third-order valence-electron chi connectivity index (χ3n) is 2.33. The molecule has 0 heterocycles. The smallest absolute Gasteiger partial charge is 0.176 e. The number of hydrogen-bond acceptors (Lipinski definition) is 3. The summed E-state index contributed by atoms with van der Waals surface area (Å²) in [6, 6.07) is 2.99. The number of benzene rings is 1. The Morgan fingerprint density at radius 2 is 1.77 bits per heavy atom. The monoisotopic (exact) mass is 200 g/mol. The highest BCUT2D eigenvalue weighted by molar-refractivity contribution is 6.32. The van der Waals surface area contributed by atoms with Gasteiger partial charge in [0.2, 0.25) is 0 Å². The van der Waals surface area contributed by atoms with E-state index in [9.17, 15) is 15.3 Å². The van der Waals surface area contributed by atoms with E-state index >= 15 is 0 Å². The Balaban J connectivity index is 2.54. The van der Waals surface area contributed by atoms with E-state index < -0.39 is 5.60 Å². The Bertz CT molecular complexity index is 358. The van der Waals surface area contributed by atoms with E-state index in [1.165, 1.54) is 12.1 Å². The van der Waals surface area contributed by atoms with Crippen molar-refractivity contribution < 1.29 is 15.3 Å². The Labute approximate surface area is 80.2 Å². The second-order valence-corrected chi connectivity index (χ2v) is 3.73. The van der Waals surface area contributed by atoms with Gasteiger partial charge in [0.05, 0.1) is 10.6 Å². The first-order valence-electron chi connectivity index (χ1n) is 3.98. The van der Waals surface area contributed by atoms with E-state index in [1.54, 1.807) is 0 Å². The van der Waals surface area contributed by atoms with Crippen LogP contribution < -0.4 is 0 Å². The lowest BCUT2D eigenvalue weighted by molar-refractivity contribution is 0.147. The minimum absolute atomic E-state index is 0.0884. The summed E-state index contributed by atoms with van der Waals surface area (Å²) in [5.41, 5.74) is -0.596. The fourth-order valence-electron chi connectivity index (χ4n) is 1.32. The first-order valence-corrected chi connectivity index (χ1v) is 4.36. The van der Waals surface area contributed by atoms with Crippen molar-refractivity contribution >= 4 is 11.6 Å². The Morgan fingerprint density at radius 3 is 2.31 bits per heavy atom. The maximum Gasteiger partial charge on any atom is 0.176 e. The minimum atomic E-state index is -0.952.